The first-order valence-electron chi connectivity index (χ1n) is 8.70. The van der Waals surface area contributed by atoms with Gasteiger partial charge in [0.15, 0.2) is 0 Å². The Morgan fingerprint density at radius 3 is 2.33 bits per heavy atom. The number of piperazine rings is 1. The van der Waals surface area contributed by atoms with Gasteiger partial charge < -0.3 is 20.3 Å². The number of fused-ring (bicyclic) bond motifs is 1. The largest absolute Gasteiger partial charge is 0.495 e. The van der Waals surface area contributed by atoms with Crippen LogP contribution < -0.4 is 10.5 Å². The molecule has 2 heterocycles. The average molecular weight is 332 g/mol. The van der Waals surface area contributed by atoms with E-state index >= 15 is 0 Å². The average Bonchev–Trinajstić information content (AvgIpc) is 2.77. The summed E-state index contributed by atoms with van der Waals surface area (Å²) in [5.41, 5.74) is 9.29. The Morgan fingerprint density at radius 2 is 1.71 bits per heavy atom. The first-order chi connectivity index (χ1) is 11.6. The topological polar surface area (TPSA) is 62.0 Å². The molecule has 0 aliphatic carbocycles. The van der Waals surface area contributed by atoms with Gasteiger partial charge >= 0.3 is 0 Å². The van der Waals surface area contributed by atoms with Crippen LogP contribution in [-0.2, 0) is 17.6 Å². The second-order valence-electron chi connectivity index (χ2n) is 6.82. The van der Waals surface area contributed by atoms with Crippen LogP contribution in [0.5, 0.6) is 5.75 Å². The van der Waals surface area contributed by atoms with E-state index < -0.39 is 0 Å². The summed E-state index contributed by atoms with van der Waals surface area (Å²) in [5.74, 6) is 1.00. The highest BCUT2D eigenvalue weighted by molar-refractivity contribution is 5.78. The Hall–Kier alpha value is -1.79. The van der Waals surface area contributed by atoms with Crippen LogP contribution in [0.25, 0.3) is 0 Å². The van der Waals surface area contributed by atoms with Crippen molar-refractivity contribution in [3.05, 3.63) is 23.3 Å². The lowest BCUT2D eigenvalue weighted by molar-refractivity contribution is -0.134. The van der Waals surface area contributed by atoms with Crippen molar-refractivity contribution in [2.24, 2.45) is 0 Å². The number of methoxy groups -OCH3 is 1. The van der Waals surface area contributed by atoms with E-state index in [1.807, 2.05) is 11.0 Å². The lowest BCUT2D eigenvalue weighted by Crippen LogP contribution is -2.50. The van der Waals surface area contributed by atoms with Crippen molar-refractivity contribution in [1.29, 1.82) is 0 Å². The smallest absolute Gasteiger partial charge is 0.236 e. The van der Waals surface area contributed by atoms with Crippen LogP contribution in [-0.4, -0.2) is 80.6 Å². The molecule has 6 heteroatoms. The SMILES string of the molecule is COc1cc2c(cc1N)CCN(CC(=O)N1CCN(C)CC1)CC2. The number of carbonyl (C=O) groups excluding carboxylic acids is 1. The maximum atomic E-state index is 12.5. The first-order valence-corrected chi connectivity index (χ1v) is 8.70. The molecular weight excluding hydrogens is 304 g/mol. The molecule has 1 amide bonds. The molecule has 2 aliphatic heterocycles. The van der Waals surface area contributed by atoms with Gasteiger partial charge in [0.25, 0.3) is 0 Å². The number of hydrogen-bond acceptors (Lipinski definition) is 5. The van der Waals surface area contributed by atoms with Crippen molar-refractivity contribution < 1.29 is 9.53 Å². The fourth-order valence-electron chi connectivity index (χ4n) is 3.50. The van der Waals surface area contributed by atoms with Crippen LogP contribution in [0.3, 0.4) is 0 Å². The number of ether oxygens (including phenoxy) is 1. The molecule has 1 aromatic rings. The van der Waals surface area contributed by atoms with E-state index in [0.29, 0.717) is 12.2 Å². The molecule has 0 unspecified atom stereocenters. The van der Waals surface area contributed by atoms with E-state index in [1.54, 1.807) is 7.11 Å². The summed E-state index contributed by atoms with van der Waals surface area (Å²) in [6.07, 6.45) is 1.86. The zero-order valence-electron chi connectivity index (χ0n) is 14.8. The van der Waals surface area contributed by atoms with Crippen LogP contribution in [0.2, 0.25) is 0 Å². The van der Waals surface area contributed by atoms with E-state index in [4.69, 9.17) is 10.5 Å². The summed E-state index contributed by atoms with van der Waals surface area (Å²) in [5, 5.41) is 0. The standard InChI is InChI=1S/C18H28N4O2/c1-20-7-9-22(10-8-20)18(23)13-21-5-3-14-11-16(19)17(24-2)12-15(14)4-6-21/h11-12H,3-10,13,19H2,1-2H3. The molecule has 6 nitrogen and oxygen atoms in total. The minimum absolute atomic E-state index is 0.256. The van der Waals surface area contributed by atoms with E-state index in [1.165, 1.54) is 11.1 Å². The van der Waals surface area contributed by atoms with Crippen molar-refractivity contribution >= 4 is 11.6 Å². The molecule has 1 fully saturated rings. The lowest BCUT2D eigenvalue weighted by Gasteiger charge is -2.33. The quantitative estimate of drug-likeness (QED) is 0.815. The molecule has 0 bridgehead atoms. The van der Waals surface area contributed by atoms with Crippen LogP contribution in [0, 0.1) is 0 Å². The van der Waals surface area contributed by atoms with Gasteiger partial charge in [0.2, 0.25) is 5.91 Å². The number of amides is 1. The molecular formula is C18H28N4O2. The van der Waals surface area contributed by atoms with Gasteiger partial charge in [0, 0.05) is 39.3 Å². The number of nitrogens with two attached hydrogens (primary N) is 1. The summed E-state index contributed by atoms with van der Waals surface area (Å²) >= 11 is 0. The fourth-order valence-corrected chi connectivity index (χ4v) is 3.50. The lowest BCUT2D eigenvalue weighted by atomic mass is 10.0. The van der Waals surface area contributed by atoms with Gasteiger partial charge in [-0.25, -0.2) is 0 Å². The van der Waals surface area contributed by atoms with Gasteiger partial charge in [-0.2, -0.15) is 0 Å². The zero-order valence-corrected chi connectivity index (χ0v) is 14.8. The Bertz CT molecular complexity index is 597. The number of nitrogen functional groups attached to an aromatic ring is 1. The minimum atomic E-state index is 0.256. The van der Waals surface area contributed by atoms with Crippen molar-refractivity contribution in [1.82, 2.24) is 14.7 Å². The van der Waals surface area contributed by atoms with E-state index in [0.717, 1.165) is 57.9 Å². The first kappa shape index (κ1) is 17.0. The molecule has 0 aromatic heterocycles. The number of carbonyl (C=O) groups is 1. The number of likely N-dealkylation sites (N-methyl/N-ethyl adjacent to an activating group) is 1. The molecule has 2 N–H and O–H groups in total. The molecule has 24 heavy (non-hydrogen) atoms. The van der Waals surface area contributed by atoms with Crippen LogP contribution in [0.15, 0.2) is 12.1 Å². The van der Waals surface area contributed by atoms with Gasteiger partial charge in [-0.15, -0.1) is 0 Å². The highest BCUT2D eigenvalue weighted by Crippen LogP contribution is 2.28. The third-order valence-corrected chi connectivity index (χ3v) is 5.16. The van der Waals surface area contributed by atoms with Crippen molar-refractivity contribution in [3.8, 4) is 5.75 Å². The zero-order chi connectivity index (χ0) is 17.1. The fraction of sp³-hybridized carbons (Fsp3) is 0.611. The molecule has 1 aromatic carbocycles. The minimum Gasteiger partial charge on any atom is -0.495 e. The van der Waals surface area contributed by atoms with E-state index in [9.17, 15) is 4.79 Å². The normalized spacial score (nSPS) is 19.7. The molecule has 0 radical (unpaired) electrons. The summed E-state index contributed by atoms with van der Waals surface area (Å²) in [6.45, 7) is 5.95. The molecule has 0 spiro atoms. The monoisotopic (exact) mass is 332 g/mol. The Kier molecular flexibility index (Phi) is 5.26. The predicted molar refractivity (Wildman–Crippen MR) is 95.3 cm³/mol. The van der Waals surface area contributed by atoms with Crippen LogP contribution in [0.1, 0.15) is 11.1 Å². The summed E-state index contributed by atoms with van der Waals surface area (Å²) in [6, 6.07) is 4.08. The van der Waals surface area contributed by atoms with Gasteiger partial charge in [-0.3, -0.25) is 9.69 Å². The molecule has 0 saturated carbocycles. The number of rotatable bonds is 3. The van der Waals surface area contributed by atoms with Crippen LogP contribution in [0.4, 0.5) is 5.69 Å². The van der Waals surface area contributed by atoms with Crippen LogP contribution >= 0.6 is 0 Å². The number of benzene rings is 1. The van der Waals surface area contributed by atoms with Gasteiger partial charge in [-0.05, 0) is 43.1 Å². The maximum Gasteiger partial charge on any atom is 0.236 e. The molecule has 2 aliphatic rings. The second-order valence-corrected chi connectivity index (χ2v) is 6.82. The highest BCUT2D eigenvalue weighted by Gasteiger charge is 2.23. The third kappa shape index (κ3) is 3.82. The molecule has 3 rings (SSSR count). The highest BCUT2D eigenvalue weighted by atomic mass is 16.5. The van der Waals surface area contributed by atoms with Crippen molar-refractivity contribution in [2.75, 3.05) is 65.7 Å². The Labute approximate surface area is 144 Å². The summed E-state index contributed by atoms with van der Waals surface area (Å²) in [7, 11) is 3.75. The third-order valence-electron chi connectivity index (χ3n) is 5.16. The molecule has 0 atom stereocenters. The van der Waals surface area contributed by atoms with E-state index in [2.05, 4.69) is 22.9 Å². The van der Waals surface area contributed by atoms with Crippen molar-refractivity contribution in [2.45, 2.75) is 12.8 Å². The Morgan fingerprint density at radius 1 is 1.08 bits per heavy atom. The number of anilines is 1. The van der Waals surface area contributed by atoms with Crippen molar-refractivity contribution in [3.63, 3.8) is 0 Å². The van der Waals surface area contributed by atoms with Gasteiger partial charge in [0.05, 0.1) is 19.3 Å². The number of nitrogens with zero attached hydrogens (tertiary/aromatic N) is 3. The Balaban J connectivity index is 1.59. The van der Waals surface area contributed by atoms with Gasteiger partial charge in [0.1, 0.15) is 5.75 Å². The molecule has 1 saturated heterocycles. The summed E-state index contributed by atoms with van der Waals surface area (Å²) < 4.78 is 5.33. The predicted octanol–water partition coefficient (Wildman–Crippen LogP) is 0.452. The second kappa shape index (κ2) is 7.40. The number of hydrogen-bond donors (Lipinski definition) is 1. The van der Waals surface area contributed by atoms with Gasteiger partial charge in [-0.1, -0.05) is 0 Å². The van der Waals surface area contributed by atoms with E-state index in [-0.39, 0.29) is 5.91 Å². The maximum absolute atomic E-state index is 12.5. The molecule has 132 valence electrons. The summed E-state index contributed by atoms with van der Waals surface area (Å²) in [4.78, 5) is 19.1.